The molecule has 3 heteroatoms. The molecule has 0 spiro atoms. The first-order chi connectivity index (χ1) is 9.80. The molecule has 1 aliphatic carbocycles. The molecule has 0 bridgehead atoms. The van der Waals surface area contributed by atoms with Crippen molar-refractivity contribution in [2.45, 2.75) is 64.0 Å². The molecule has 21 heavy (non-hydrogen) atoms. The van der Waals surface area contributed by atoms with Gasteiger partial charge in [0.1, 0.15) is 0 Å². The molecule has 1 amide bonds. The van der Waals surface area contributed by atoms with Crippen molar-refractivity contribution in [2.24, 2.45) is 0 Å². The predicted octanol–water partition coefficient (Wildman–Crippen LogP) is 3.36. The Balaban J connectivity index is 2.12. The molecule has 0 unspecified atom stereocenters. The van der Waals surface area contributed by atoms with Gasteiger partial charge in [0.05, 0.1) is 12.1 Å². The van der Waals surface area contributed by atoms with Gasteiger partial charge in [-0.1, -0.05) is 45.7 Å². The Morgan fingerprint density at radius 3 is 2.24 bits per heavy atom. The lowest BCUT2D eigenvalue weighted by atomic mass is 9.86. The van der Waals surface area contributed by atoms with E-state index in [0.29, 0.717) is 5.56 Å². The largest absolute Gasteiger partial charge is 0.391 e. The molecule has 0 aromatic heterocycles. The van der Waals surface area contributed by atoms with E-state index in [1.807, 2.05) is 24.3 Å². The van der Waals surface area contributed by atoms with E-state index < -0.39 is 0 Å². The summed E-state index contributed by atoms with van der Waals surface area (Å²) < 4.78 is 0. The number of carbonyl (C=O) groups excluding carboxylic acids is 1. The maximum atomic E-state index is 12.6. The zero-order chi connectivity index (χ0) is 15.6. The van der Waals surface area contributed by atoms with Crippen molar-refractivity contribution in [1.29, 1.82) is 0 Å². The van der Waals surface area contributed by atoms with Gasteiger partial charge in [-0.3, -0.25) is 4.79 Å². The monoisotopic (exact) mass is 289 g/mol. The third kappa shape index (κ3) is 3.65. The van der Waals surface area contributed by atoms with Crippen LogP contribution in [0.25, 0.3) is 0 Å². The first-order valence-corrected chi connectivity index (χ1v) is 7.86. The van der Waals surface area contributed by atoms with Gasteiger partial charge in [0, 0.05) is 12.6 Å². The van der Waals surface area contributed by atoms with Crippen LogP contribution in [0.4, 0.5) is 0 Å². The average molecular weight is 289 g/mol. The van der Waals surface area contributed by atoms with Crippen LogP contribution in [-0.2, 0) is 5.41 Å². The molecule has 0 saturated heterocycles. The number of benzene rings is 1. The quantitative estimate of drug-likeness (QED) is 0.907. The molecular weight excluding hydrogens is 262 g/mol. The number of nitrogens with zero attached hydrogens (tertiary/aromatic N) is 1. The number of carbonyl (C=O) groups is 1. The number of likely N-dealkylation sites (N-methyl/N-ethyl adjacent to an activating group) is 1. The molecule has 1 aliphatic rings. The zero-order valence-corrected chi connectivity index (χ0v) is 13.6. The third-order valence-corrected chi connectivity index (χ3v) is 4.51. The van der Waals surface area contributed by atoms with Crippen LogP contribution in [0.3, 0.4) is 0 Å². The number of aliphatic hydroxyl groups excluding tert-OH is 1. The van der Waals surface area contributed by atoms with Crippen molar-refractivity contribution in [2.75, 3.05) is 7.05 Å². The second-order valence-electron chi connectivity index (χ2n) is 7.16. The Hall–Kier alpha value is -1.35. The summed E-state index contributed by atoms with van der Waals surface area (Å²) in [5.41, 5.74) is 2.01. The summed E-state index contributed by atoms with van der Waals surface area (Å²) in [7, 11) is 1.80. The summed E-state index contributed by atoms with van der Waals surface area (Å²) >= 11 is 0. The van der Waals surface area contributed by atoms with Gasteiger partial charge in [-0.2, -0.15) is 0 Å². The second kappa shape index (κ2) is 6.18. The molecule has 1 N–H and O–H groups in total. The van der Waals surface area contributed by atoms with Crippen molar-refractivity contribution in [3.8, 4) is 0 Å². The number of amides is 1. The highest BCUT2D eigenvalue weighted by Crippen LogP contribution is 2.25. The van der Waals surface area contributed by atoms with Gasteiger partial charge < -0.3 is 10.0 Å². The minimum absolute atomic E-state index is 0.00130. The fourth-order valence-corrected chi connectivity index (χ4v) is 3.01. The third-order valence-electron chi connectivity index (χ3n) is 4.51. The van der Waals surface area contributed by atoms with Crippen LogP contribution in [0.5, 0.6) is 0 Å². The van der Waals surface area contributed by atoms with Gasteiger partial charge in [0.15, 0.2) is 0 Å². The summed E-state index contributed by atoms with van der Waals surface area (Å²) in [4.78, 5) is 14.3. The van der Waals surface area contributed by atoms with Crippen molar-refractivity contribution in [3.05, 3.63) is 35.4 Å². The van der Waals surface area contributed by atoms with Crippen LogP contribution in [0, 0.1) is 0 Å². The average Bonchev–Trinajstić information content (AvgIpc) is 2.45. The van der Waals surface area contributed by atoms with Gasteiger partial charge in [-0.05, 0) is 36.0 Å². The van der Waals surface area contributed by atoms with Crippen molar-refractivity contribution in [3.63, 3.8) is 0 Å². The van der Waals surface area contributed by atoms with Gasteiger partial charge in [-0.25, -0.2) is 0 Å². The summed E-state index contributed by atoms with van der Waals surface area (Å²) in [5, 5.41) is 10.1. The van der Waals surface area contributed by atoms with Gasteiger partial charge >= 0.3 is 0 Å². The highest BCUT2D eigenvalue weighted by Gasteiger charge is 2.29. The zero-order valence-electron chi connectivity index (χ0n) is 13.6. The Bertz CT molecular complexity index is 487. The van der Waals surface area contributed by atoms with E-state index in [4.69, 9.17) is 0 Å². The standard InChI is InChI=1S/C18H27NO2/c1-18(2,3)14-11-9-13(10-12-14)17(21)19(4)15-7-5-6-8-16(15)20/h9-12,15-16,20H,5-8H2,1-4H3/t15-,16-/m0/s1. The van der Waals surface area contributed by atoms with Crippen LogP contribution in [0.15, 0.2) is 24.3 Å². The fourth-order valence-electron chi connectivity index (χ4n) is 3.01. The Morgan fingerprint density at radius 1 is 1.14 bits per heavy atom. The van der Waals surface area contributed by atoms with E-state index >= 15 is 0 Å². The van der Waals surface area contributed by atoms with Crippen LogP contribution >= 0.6 is 0 Å². The van der Waals surface area contributed by atoms with E-state index in [0.717, 1.165) is 25.7 Å². The first kappa shape index (κ1) is 16.0. The van der Waals surface area contributed by atoms with Crippen LogP contribution in [0.2, 0.25) is 0 Å². The van der Waals surface area contributed by atoms with Crippen molar-refractivity contribution >= 4 is 5.91 Å². The molecule has 0 radical (unpaired) electrons. The summed E-state index contributed by atoms with van der Waals surface area (Å²) in [6.45, 7) is 6.48. The molecule has 1 aromatic rings. The van der Waals surface area contributed by atoms with Gasteiger partial charge in [0.25, 0.3) is 5.91 Å². The molecule has 1 fully saturated rings. The lowest BCUT2D eigenvalue weighted by Gasteiger charge is -2.35. The number of hydrogen-bond acceptors (Lipinski definition) is 2. The van der Waals surface area contributed by atoms with Crippen LogP contribution in [-0.4, -0.2) is 35.1 Å². The highest BCUT2D eigenvalue weighted by molar-refractivity contribution is 5.94. The number of rotatable bonds is 2. The Morgan fingerprint density at radius 2 is 1.71 bits per heavy atom. The first-order valence-electron chi connectivity index (χ1n) is 7.86. The van der Waals surface area contributed by atoms with Crippen molar-refractivity contribution < 1.29 is 9.90 Å². The Labute approximate surface area is 128 Å². The number of hydrogen-bond donors (Lipinski definition) is 1. The van der Waals surface area contributed by atoms with E-state index in [1.165, 1.54) is 5.56 Å². The normalized spacial score (nSPS) is 22.9. The van der Waals surface area contributed by atoms with Gasteiger partial charge in [0.2, 0.25) is 0 Å². The second-order valence-corrected chi connectivity index (χ2v) is 7.16. The Kier molecular flexibility index (Phi) is 4.72. The molecule has 0 heterocycles. The van der Waals surface area contributed by atoms with Crippen LogP contribution in [0.1, 0.15) is 62.4 Å². The van der Waals surface area contributed by atoms with Crippen molar-refractivity contribution in [1.82, 2.24) is 4.90 Å². The molecule has 2 atom stereocenters. The lowest BCUT2D eigenvalue weighted by Crippen LogP contribution is -2.46. The maximum Gasteiger partial charge on any atom is 0.253 e. The van der Waals surface area contributed by atoms with Crippen LogP contribution < -0.4 is 0 Å². The van der Waals surface area contributed by atoms with E-state index in [2.05, 4.69) is 20.8 Å². The van der Waals surface area contributed by atoms with E-state index in [-0.39, 0.29) is 23.5 Å². The smallest absolute Gasteiger partial charge is 0.253 e. The lowest BCUT2D eigenvalue weighted by molar-refractivity contribution is 0.0268. The SMILES string of the molecule is CN(C(=O)c1ccc(C(C)(C)C)cc1)[C@H]1CCCC[C@@H]1O. The molecule has 116 valence electrons. The predicted molar refractivity (Wildman–Crippen MR) is 85.5 cm³/mol. The highest BCUT2D eigenvalue weighted by atomic mass is 16.3. The molecule has 0 aliphatic heterocycles. The molecule has 3 nitrogen and oxygen atoms in total. The van der Waals surface area contributed by atoms with Gasteiger partial charge in [-0.15, -0.1) is 0 Å². The van der Waals surface area contributed by atoms with E-state index in [9.17, 15) is 9.90 Å². The number of aliphatic hydroxyl groups is 1. The fraction of sp³-hybridized carbons (Fsp3) is 0.611. The molecule has 1 aromatic carbocycles. The summed E-state index contributed by atoms with van der Waals surface area (Å²) in [6.07, 6.45) is 3.44. The molecule has 1 saturated carbocycles. The summed E-state index contributed by atoms with van der Waals surface area (Å²) in [5.74, 6) is 0.00130. The minimum atomic E-state index is -0.387. The molecular formula is C18H27NO2. The maximum absolute atomic E-state index is 12.6. The molecule has 2 rings (SSSR count). The topological polar surface area (TPSA) is 40.5 Å². The minimum Gasteiger partial charge on any atom is -0.391 e. The van der Waals surface area contributed by atoms with E-state index in [1.54, 1.807) is 11.9 Å². The summed E-state index contributed by atoms with van der Waals surface area (Å²) in [6, 6.07) is 7.80.